The summed E-state index contributed by atoms with van der Waals surface area (Å²) in [6.07, 6.45) is 0.420. The number of halogens is 1. The van der Waals surface area contributed by atoms with Gasteiger partial charge < -0.3 is 10.2 Å². The van der Waals surface area contributed by atoms with Crippen LogP contribution in [0.15, 0.2) is 84.9 Å². The third-order valence-corrected chi connectivity index (χ3v) is 4.88. The molecule has 1 atom stereocenters. The Morgan fingerprint density at radius 3 is 2.07 bits per heavy atom. The molecule has 2 amide bonds. The van der Waals surface area contributed by atoms with Crippen molar-refractivity contribution in [1.29, 1.82) is 0 Å². The van der Waals surface area contributed by atoms with E-state index in [1.54, 1.807) is 48.3 Å². The Morgan fingerprint density at radius 2 is 1.45 bits per heavy atom. The Hall–Kier alpha value is -3.11. The Balaban J connectivity index is 1.76. The Morgan fingerprint density at radius 1 is 0.862 bits per heavy atom. The maximum absolute atomic E-state index is 13.2. The van der Waals surface area contributed by atoms with E-state index in [-0.39, 0.29) is 11.8 Å². The van der Waals surface area contributed by atoms with Gasteiger partial charge in [0, 0.05) is 30.6 Å². The molecule has 1 unspecified atom stereocenters. The number of nitrogens with zero attached hydrogens (tertiary/aromatic N) is 1. The van der Waals surface area contributed by atoms with E-state index in [1.807, 2.05) is 48.5 Å². The fourth-order valence-corrected chi connectivity index (χ4v) is 3.21. The number of carbonyl (C=O) groups is 2. The van der Waals surface area contributed by atoms with Crippen molar-refractivity contribution in [2.24, 2.45) is 0 Å². The van der Waals surface area contributed by atoms with Crippen LogP contribution in [0.1, 0.15) is 21.5 Å². The van der Waals surface area contributed by atoms with Crippen LogP contribution in [0.2, 0.25) is 5.02 Å². The minimum atomic E-state index is -0.664. The first kappa shape index (κ1) is 20.6. The number of hydrogen-bond acceptors (Lipinski definition) is 2. The predicted octanol–water partition coefficient (Wildman–Crippen LogP) is 4.34. The normalized spacial score (nSPS) is 11.5. The third kappa shape index (κ3) is 5.93. The Kier molecular flexibility index (Phi) is 7.04. The van der Waals surface area contributed by atoms with Crippen molar-refractivity contribution in [3.05, 3.63) is 107 Å². The zero-order valence-electron chi connectivity index (χ0n) is 16.2. The maximum Gasteiger partial charge on any atom is 0.251 e. The molecule has 3 aromatic rings. The lowest BCUT2D eigenvalue weighted by atomic mass is 10.0. The van der Waals surface area contributed by atoms with Gasteiger partial charge in [-0.25, -0.2) is 0 Å². The van der Waals surface area contributed by atoms with Crippen molar-refractivity contribution in [1.82, 2.24) is 10.2 Å². The molecule has 0 aliphatic carbocycles. The van der Waals surface area contributed by atoms with Gasteiger partial charge in [-0.05, 0) is 35.4 Å². The molecule has 0 aromatic heterocycles. The Bertz CT molecular complexity index is 944. The van der Waals surface area contributed by atoms with E-state index in [9.17, 15) is 9.59 Å². The molecule has 3 rings (SSSR count). The van der Waals surface area contributed by atoms with Crippen molar-refractivity contribution in [3.8, 4) is 0 Å². The second-order valence-corrected chi connectivity index (χ2v) is 7.34. The quantitative estimate of drug-likeness (QED) is 0.634. The van der Waals surface area contributed by atoms with Gasteiger partial charge in [0.15, 0.2) is 0 Å². The highest BCUT2D eigenvalue weighted by atomic mass is 35.5. The summed E-state index contributed by atoms with van der Waals surface area (Å²) in [7, 11) is 1.74. The molecular formula is C24H23ClN2O2. The number of benzene rings is 3. The van der Waals surface area contributed by atoms with Gasteiger partial charge in [-0.3, -0.25) is 9.59 Å². The molecule has 0 saturated heterocycles. The van der Waals surface area contributed by atoms with Gasteiger partial charge in [-0.1, -0.05) is 72.3 Å². The van der Waals surface area contributed by atoms with Crippen LogP contribution in [-0.2, 0) is 17.8 Å². The highest BCUT2D eigenvalue weighted by Crippen LogP contribution is 2.13. The molecule has 0 bridgehead atoms. The predicted molar refractivity (Wildman–Crippen MR) is 116 cm³/mol. The van der Waals surface area contributed by atoms with Crippen LogP contribution in [0.4, 0.5) is 0 Å². The van der Waals surface area contributed by atoms with Crippen LogP contribution in [-0.4, -0.2) is 29.8 Å². The average Bonchev–Trinajstić information content (AvgIpc) is 2.75. The summed E-state index contributed by atoms with van der Waals surface area (Å²) in [5.74, 6) is -0.409. The minimum Gasteiger partial charge on any atom is -0.340 e. The van der Waals surface area contributed by atoms with Crippen molar-refractivity contribution < 1.29 is 9.59 Å². The average molecular weight is 407 g/mol. The standard InChI is InChI=1S/C24H23ClN2O2/c1-27(17-19-12-14-21(25)15-13-19)24(29)22(16-18-8-4-2-5-9-18)26-23(28)20-10-6-3-7-11-20/h2-15,22H,16-17H2,1H3,(H,26,28). The third-order valence-electron chi connectivity index (χ3n) is 4.63. The highest BCUT2D eigenvalue weighted by Gasteiger charge is 2.25. The Labute approximate surface area is 176 Å². The van der Waals surface area contributed by atoms with E-state index in [0.29, 0.717) is 23.6 Å². The van der Waals surface area contributed by atoms with Gasteiger partial charge in [0.2, 0.25) is 5.91 Å². The van der Waals surface area contributed by atoms with Gasteiger partial charge in [0.1, 0.15) is 6.04 Å². The monoisotopic (exact) mass is 406 g/mol. The molecule has 0 saturated carbocycles. The van der Waals surface area contributed by atoms with E-state index in [4.69, 9.17) is 11.6 Å². The molecule has 0 spiro atoms. The van der Waals surface area contributed by atoms with Crippen molar-refractivity contribution in [3.63, 3.8) is 0 Å². The number of carbonyl (C=O) groups excluding carboxylic acids is 2. The first-order valence-corrected chi connectivity index (χ1v) is 9.80. The van der Waals surface area contributed by atoms with Gasteiger partial charge >= 0.3 is 0 Å². The summed E-state index contributed by atoms with van der Waals surface area (Å²) in [4.78, 5) is 27.5. The fourth-order valence-electron chi connectivity index (χ4n) is 3.09. The van der Waals surface area contributed by atoms with Crippen molar-refractivity contribution in [2.45, 2.75) is 19.0 Å². The number of hydrogen-bond donors (Lipinski definition) is 1. The number of nitrogens with one attached hydrogen (secondary N) is 1. The van der Waals surface area contributed by atoms with E-state index in [2.05, 4.69) is 5.32 Å². The summed E-state index contributed by atoms with van der Waals surface area (Å²) < 4.78 is 0. The lowest BCUT2D eigenvalue weighted by Gasteiger charge is -2.25. The zero-order chi connectivity index (χ0) is 20.6. The molecule has 4 nitrogen and oxygen atoms in total. The van der Waals surface area contributed by atoms with Crippen LogP contribution in [0.5, 0.6) is 0 Å². The highest BCUT2D eigenvalue weighted by molar-refractivity contribution is 6.30. The smallest absolute Gasteiger partial charge is 0.251 e. The van der Waals surface area contributed by atoms with Crippen molar-refractivity contribution >= 4 is 23.4 Å². The van der Waals surface area contributed by atoms with Crippen LogP contribution in [0, 0.1) is 0 Å². The second kappa shape index (κ2) is 9.89. The first-order valence-electron chi connectivity index (χ1n) is 9.42. The van der Waals surface area contributed by atoms with Crippen molar-refractivity contribution in [2.75, 3.05) is 7.05 Å². The molecule has 148 valence electrons. The topological polar surface area (TPSA) is 49.4 Å². The zero-order valence-corrected chi connectivity index (χ0v) is 17.0. The van der Waals surface area contributed by atoms with Crippen LogP contribution >= 0.6 is 11.6 Å². The van der Waals surface area contributed by atoms with Crippen LogP contribution in [0.3, 0.4) is 0 Å². The number of likely N-dealkylation sites (N-methyl/N-ethyl adjacent to an activating group) is 1. The van der Waals surface area contributed by atoms with Crippen LogP contribution < -0.4 is 5.32 Å². The molecule has 5 heteroatoms. The molecule has 29 heavy (non-hydrogen) atoms. The lowest BCUT2D eigenvalue weighted by Crippen LogP contribution is -2.48. The molecule has 0 heterocycles. The maximum atomic E-state index is 13.2. The summed E-state index contributed by atoms with van der Waals surface area (Å²) >= 11 is 5.94. The first-order chi connectivity index (χ1) is 14.0. The van der Waals surface area contributed by atoms with E-state index in [1.165, 1.54) is 0 Å². The summed E-state index contributed by atoms with van der Waals surface area (Å²) in [6.45, 7) is 0.433. The molecule has 0 aliphatic heterocycles. The lowest BCUT2D eigenvalue weighted by molar-refractivity contribution is -0.132. The molecule has 0 radical (unpaired) electrons. The van der Waals surface area contributed by atoms with Gasteiger partial charge in [-0.15, -0.1) is 0 Å². The van der Waals surface area contributed by atoms with Crippen LogP contribution in [0.25, 0.3) is 0 Å². The molecule has 0 aliphatic rings. The molecule has 0 fully saturated rings. The number of amides is 2. The van der Waals surface area contributed by atoms with E-state index < -0.39 is 6.04 Å². The van der Waals surface area contributed by atoms with E-state index in [0.717, 1.165) is 11.1 Å². The van der Waals surface area contributed by atoms with Gasteiger partial charge in [0.25, 0.3) is 5.91 Å². The number of rotatable bonds is 7. The summed E-state index contributed by atoms with van der Waals surface area (Å²) in [5, 5.41) is 3.56. The summed E-state index contributed by atoms with van der Waals surface area (Å²) in [5.41, 5.74) is 2.48. The molecule has 1 N–H and O–H groups in total. The van der Waals surface area contributed by atoms with E-state index >= 15 is 0 Å². The largest absolute Gasteiger partial charge is 0.340 e. The SMILES string of the molecule is CN(Cc1ccc(Cl)cc1)C(=O)C(Cc1ccccc1)NC(=O)c1ccccc1. The minimum absolute atomic E-state index is 0.145. The van der Waals surface area contributed by atoms with Gasteiger partial charge in [0.05, 0.1) is 0 Å². The molecule has 3 aromatic carbocycles. The fraction of sp³-hybridized carbons (Fsp3) is 0.167. The summed E-state index contributed by atoms with van der Waals surface area (Å²) in [6, 6.07) is 25.3. The van der Waals surface area contributed by atoms with Gasteiger partial charge in [-0.2, -0.15) is 0 Å². The molecular weight excluding hydrogens is 384 g/mol. The second-order valence-electron chi connectivity index (χ2n) is 6.90.